The number of aromatic nitrogens is 2. The van der Waals surface area contributed by atoms with Crippen molar-refractivity contribution in [1.82, 2.24) is 9.55 Å². The standard InChI is InChI=1S/C12H8N2O4S/c15-11-10-8(3-4-19-10)13-6-14(11)5-7-1-2-9(18-7)12(16)17/h1-4,6H,5H2,(H,16,17). The molecule has 3 rings (SSSR count). The van der Waals surface area contributed by atoms with Crippen LogP contribution in [0.5, 0.6) is 0 Å². The SMILES string of the molecule is O=C(O)c1ccc(Cn2cnc3ccsc3c2=O)o1. The topological polar surface area (TPSA) is 85.3 Å². The van der Waals surface area contributed by atoms with Gasteiger partial charge in [0.1, 0.15) is 10.5 Å². The number of carbonyl (C=O) groups is 1. The summed E-state index contributed by atoms with van der Waals surface area (Å²) in [6.07, 6.45) is 1.43. The van der Waals surface area contributed by atoms with Crippen LogP contribution < -0.4 is 5.56 Å². The normalized spacial score (nSPS) is 10.9. The van der Waals surface area contributed by atoms with Crippen molar-refractivity contribution >= 4 is 27.5 Å². The van der Waals surface area contributed by atoms with Crippen LogP contribution in [0.25, 0.3) is 10.2 Å². The fourth-order valence-electron chi connectivity index (χ4n) is 1.74. The van der Waals surface area contributed by atoms with Crippen molar-refractivity contribution < 1.29 is 14.3 Å². The zero-order valence-corrected chi connectivity index (χ0v) is 10.4. The summed E-state index contributed by atoms with van der Waals surface area (Å²) in [5.74, 6) is -0.879. The summed E-state index contributed by atoms with van der Waals surface area (Å²) in [5.41, 5.74) is 0.505. The van der Waals surface area contributed by atoms with Crippen LogP contribution in [0.1, 0.15) is 16.3 Å². The van der Waals surface area contributed by atoms with E-state index in [1.165, 1.54) is 34.4 Å². The second-order valence-electron chi connectivity index (χ2n) is 3.88. The summed E-state index contributed by atoms with van der Waals surface area (Å²) in [7, 11) is 0. The molecule has 7 heteroatoms. The van der Waals surface area contributed by atoms with E-state index in [9.17, 15) is 9.59 Å². The van der Waals surface area contributed by atoms with Crippen LogP contribution in [0.2, 0.25) is 0 Å². The largest absolute Gasteiger partial charge is 0.475 e. The molecular formula is C12H8N2O4S. The van der Waals surface area contributed by atoms with Gasteiger partial charge in [0.2, 0.25) is 5.76 Å². The summed E-state index contributed by atoms with van der Waals surface area (Å²) >= 11 is 1.33. The van der Waals surface area contributed by atoms with Crippen molar-refractivity contribution in [3.63, 3.8) is 0 Å². The number of carboxylic acids is 1. The summed E-state index contributed by atoms with van der Waals surface area (Å²) in [5, 5.41) is 10.6. The number of thiophene rings is 1. The molecule has 0 aliphatic heterocycles. The van der Waals surface area contributed by atoms with E-state index in [-0.39, 0.29) is 17.9 Å². The molecule has 19 heavy (non-hydrogen) atoms. The molecule has 3 aromatic rings. The van der Waals surface area contributed by atoms with Gasteiger partial charge in [-0.3, -0.25) is 9.36 Å². The zero-order chi connectivity index (χ0) is 13.4. The fraction of sp³-hybridized carbons (Fsp3) is 0.0833. The monoisotopic (exact) mass is 276 g/mol. The van der Waals surface area contributed by atoms with E-state index < -0.39 is 5.97 Å². The average Bonchev–Trinajstić information content (AvgIpc) is 3.01. The molecule has 1 N–H and O–H groups in total. The molecular weight excluding hydrogens is 268 g/mol. The van der Waals surface area contributed by atoms with E-state index in [0.717, 1.165) is 0 Å². The molecule has 0 aliphatic rings. The molecule has 0 bridgehead atoms. The molecule has 0 radical (unpaired) electrons. The van der Waals surface area contributed by atoms with Gasteiger partial charge in [-0.2, -0.15) is 0 Å². The molecule has 0 unspecified atom stereocenters. The number of fused-ring (bicyclic) bond motifs is 1. The number of nitrogens with zero attached hydrogens (tertiary/aromatic N) is 2. The van der Waals surface area contributed by atoms with Gasteiger partial charge in [-0.1, -0.05) is 0 Å². The molecule has 3 aromatic heterocycles. The van der Waals surface area contributed by atoms with Crippen LogP contribution in [0, 0.1) is 0 Å². The van der Waals surface area contributed by atoms with Gasteiger partial charge in [-0.05, 0) is 23.6 Å². The predicted molar refractivity (Wildman–Crippen MR) is 68.6 cm³/mol. The summed E-state index contributed by atoms with van der Waals surface area (Å²) in [4.78, 5) is 27.0. The maximum atomic E-state index is 12.1. The first-order chi connectivity index (χ1) is 9.15. The molecule has 0 atom stereocenters. The summed E-state index contributed by atoms with van der Waals surface area (Å²) in [6, 6.07) is 4.68. The highest BCUT2D eigenvalue weighted by molar-refractivity contribution is 7.17. The quantitative estimate of drug-likeness (QED) is 0.788. The van der Waals surface area contributed by atoms with Crippen molar-refractivity contribution in [2.75, 3.05) is 0 Å². The van der Waals surface area contributed by atoms with Gasteiger partial charge in [0.05, 0.1) is 18.4 Å². The molecule has 0 saturated carbocycles. The Morgan fingerprint density at radius 3 is 3.00 bits per heavy atom. The fourth-order valence-corrected chi connectivity index (χ4v) is 2.53. The van der Waals surface area contributed by atoms with Crippen molar-refractivity contribution in [1.29, 1.82) is 0 Å². The van der Waals surface area contributed by atoms with E-state index in [2.05, 4.69) is 4.98 Å². The Kier molecular flexibility index (Phi) is 2.68. The lowest BCUT2D eigenvalue weighted by Gasteiger charge is -2.02. The number of hydrogen-bond acceptors (Lipinski definition) is 5. The van der Waals surface area contributed by atoms with Crippen molar-refractivity contribution in [3.8, 4) is 0 Å². The Bertz CT molecular complexity index is 814. The third-order valence-electron chi connectivity index (χ3n) is 2.63. The number of rotatable bonds is 3. The Hall–Kier alpha value is -2.41. The summed E-state index contributed by atoms with van der Waals surface area (Å²) < 4.78 is 7.08. The van der Waals surface area contributed by atoms with Crippen LogP contribution in [0.4, 0.5) is 0 Å². The van der Waals surface area contributed by atoms with E-state index in [1.807, 2.05) is 0 Å². The highest BCUT2D eigenvalue weighted by Gasteiger charge is 2.11. The highest BCUT2D eigenvalue weighted by atomic mass is 32.1. The Morgan fingerprint density at radius 1 is 1.42 bits per heavy atom. The minimum absolute atomic E-state index is 0.145. The van der Waals surface area contributed by atoms with Crippen LogP contribution in [-0.4, -0.2) is 20.6 Å². The molecule has 0 saturated heterocycles. The van der Waals surface area contributed by atoms with Crippen LogP contribution >= 0.6 is 11.3 Å². The van der Waals surface area contributed by atoms with E-state index >= 15 is 0 Å². The van der Waals surface area contributed by atoms with Gasteiger partial charge in [0.15, 0.2) is 0 Å². The molecule has 0 amide bonds. The molecule has 0 fully saturated rings. The number of carboxylic acid groups (broad SMARTS) is 1. The third-order valence-corrected chi connectivity index (χ3v) is 3.53. The van der Waals surface area contributed by atoms with Crippen LogP contribution in [-0.2, 0) is 6.54 Å². The van der Waals surface area contributed by atoms with Gasteiger partial charge in [0, 0.05) is 0 Å². The van der Waals surface area contributed by atoms with E-state index in [1.54, 1.807) is 11.4 Å². The first-order valence-electron chi connectivity index (χ1n) is 5.40. The smallest absolute Gasteiger partial charge is 0.371 e. The maximum absolute atomic E-state index is 12.1. The Morgan fingerprint density at radius 2 is 2.26 bits per heavy atom. The first kappa shape index (κ1) is 11.7. The maximum Gasteiger partial charge on any atom is 0.371 e. The van der Waals surface area contributed by atoms with Crippen LogP contribution in [0.15, 0.2) is 39.1 Å². The van der Waals surface area contributed by atoms with Crippen molar-refractivity contribution in [2.24, 2.45) is 0 Å². The lowest BCUT2D eigenvalue weighted by molar-refractivity contribution is 0.0660. The summed E-state index contributed by atoms with van der Waals surface area (Å²) in [6.45, 7) is 0.160. The number of furan rings is 1. The average molecular weight is 276 g/mol. The molecule has 6 nitrogen and oxygen atoms in total. The Balaban J connectivity index is 1.98. The number of hydrogen-bond donors (Lipinski definition) is 1. The first-order valence-corrected chi connectivity index (χ1v) is 6.28. The minimum atomic E-state index is -1.13. The van der Waals surface area contributed by atoms with Gasteiger partial charge in [-0.15, -0.1) is 11.3 Å². The second-order valence-corrected chi connectivity index (χ2v) is 4.80. The number of aromatic carboxylic acids is 1. The van der Waals surface area contributed by atoms with Crippen molar-refractivity contribution in [2.45, 2.75) is 6.54 Å². The highest BCUT2D eigenvalue weighted by Crippen LogP contribution is 2.14. The predicted octanol–water partition coefficient (Wildman–Crippen LogP) is 1.80. The van der Waals surface area contributed by atoms with Gasteiger partial charge < -0.3 is 9.52 Å². The van der Waals surface area contributed by atoms with Gasteiger partial charge >= 0.3 is 5.97 Å². The van der Waals surface area contributed by atoms with E-state index in [4.69, 9.17) is 9.52 Å². The van der Waals surface area contributed by atoms with Crippen LogP contribution in [0.3, 0.4) is 0 Å². The van der Waals surface area contributed by atoms with E-state index in [0.29, 0.717) is 16.0 Å². The minimum Gasteiger partial charge on any atom is -0.475 e. The molecule has 0 aliphatic carbocycles. The lowest BCUT2D eigenvalue weighted by Crippen LogP contribution is -2.19. The van der Waals surface area contributed by atoms with Gasteiger partial charge in [-0.25, -0.2) is 9.78 Å². The molecule has 0 aromatic carbocycles. The third kappa shape index (κ3) is 2.04. The Labute approximate surface area is 110 Å². The molecule has 96 valence electrons. The van der Waals surface area contributed by atoms with Gasteiger partial charge in [0.25, 0.3) is 5.56 Å². The van der Waals surface area contributed by atoms with Crippen molar-refractivity contribution in [3.05, 3.63) is 51.8 Å². The molecule has 0 spiro atoms. The lowest BCUT2D eigenvalue weighted by atomic mass is 10.4. The molecule has 3 heterocycles. The zero-order valence-electron chi connectivity index (χ0n) is 9.57. The second kappa shape index (κ2) is 4.36.